The van der Waals surface area contributed by atoms with Crippen LogP contribution in [0, 0.1) is 0 Å². The zero-order chi connectivity index (χ0) is 25.4. The predicted molar refractivity (Wildman–Crippen MR) is 153 cm³/mol. The minimum atomic E-state index is -0.175. The molecule has 2 atom stereocenters. The highest BCUT2D eigenvalue weighted by atomic mass is 35.5. The van der Waals surface area contributed by atoms with Gasteiger partial charge in [0.15, 0.2) is 5.11 Å². The second-order valence-electron chi connectivity index (χ2n) is 9.41. The first-order valence-electron chi connectivity index (χ1n) is 12.5. The Morgan fingerprint density at radius 1 is 0.946 bits per heavy atom. The van der Waals surface area contributed by atoms with Crippen LogP contribution in [0.1, 0.15) is 49.2 Å². The van der Waals surface area contributed by atoms with Crippen LogP contribution in [-0.4, -0.2) is 20.8 Å². The molecular weight excluding hydrogens is 523 g/mol. The van der Waals surface area contributed by atoms with E-state index >= 15 is 0 Å². The topological polar surface area (TPSA) is 42.3 Å². The SMILES string of the molecule is S=C1N[C@@H](c2ccccn2)[C@@H](c2cccn2-c2ccc(Cl)cc2Cl)N1c1ccc(OC2CCCC2)cc1. The quantitative estimate of drug-likeness (QED) is 0.250. The van der Waals surface area contributed by atoms with Gasteiger partial charge in [0, 0.05) is 28.8 Å². The fourth-order valence-corrected chi connectivity index (χ4v) is 6.19. The summed E-state index contributed by atoms with van der Waals surface area (Å²) in [6.07, 6.45) is 8.87. The van der Waals surface area contributed by atoms with Gasteiger partial charge in [0.25, 0.3) is 0 Å². The van der Waals surface area contributed by atoms with Crippen molar-refractivity contribution in [3.05, 3.63) is 107 Å². The Labute approximate surface area is 232 Å². The Kier molecular flexibility index (Phi) is 6.80. The molecule has 188 valence electrons. The standard InChI is InChI=1S/C29H26Cl2N4OS/c30-19-10-15-25(23(31)18-19)34-17-5-9-26(34)28-27(24-8-3-4-16-32-24)33-29(37)35(28)20-11-13-22(14-12-20)36-21-6-1-2-7-21/h3-5,8-18,21,27-28H,1-2,6-7H2,(H,33,37)/t27-,28+/m0/s1. The number of hydrogen-bond donors (Lipinski definition) is 1. The molecule has 8 heteroatoms. The molecule has 37 heavy (non-hydrogen) atoms. The van der Waals surface area contributed by atoms with E-state index in [1.807, 2.05) is 60.9 Å². The molecule has 1 aliphatic carbocycles. The van der Waals surface area contributed by atoms with Crippen molar-refractivity contribution in [2.75, 3.05) is 4.90 Å². The molecule has 0 spiro atoms. The summed E-state index contributed by atoms with van der Waals surface area (Å²) in [5, 5.41) is 5.34. The zero-order valence-electron chi connectivity index (χ0n) is 20.1. The number of aromatic nitrogens is 2. The highest BCUT2D eigenvalue weighted by Crippen LogP contribution is 2.43. The Balaban J connectivity index is 1.41. The Morgan fingerprint density at radius 2 is 1.76 bits per heavy atom. The number of halogens is 2. The maximum absolute atomic E-state index is 6.64. The van der Waals surface area contributed by atoms with E-state index in [9.17, 15) is 0 Å². The van der Waals surface area contributed by atoms with Crippen molar-refractivity contribution < 1.29 is 4.74 Å². The highest BCUT2D eigenvalue weighted by molar-refractivity contribution is 7.80. The third-order valence-electron chi connectivity index (χ3n) is 7.07. The average Bonchev–Trinajstić information content (AvgIpc) is 3.66. The van der Waals surface area contributed by atoms with Gasteiger partial charge < -0.3 is 19.5 Å². The lowest BCUT2D eigenvalue weighted by Crippen LogP contribution is -2.30. The van der Waals surface area contributed by atoms with E-state index in [2.05, 4.69) is 38.0 Å². The number of hydrogen-bond acceptors (Lipinski definition) is 3. The van der Waals surface area contributed by atoms with Crippen LogP contribution in [0.3, 0.4) is 0 Å². The molecule has 0 amide bonds. The van der Waals surface area contributed by atoms with Crippen molar-refractivity contribution in [2.45, 2.75) is 43.9 Å². The molecule has 1 saturated heterocycles. The van der Waals surface area contributed by atoms with Crippen LogP contribution in [0.4, 0.5) is 5.69 Å². The number of thiocarbonyl (C=S) groups is 1. The molecule has 6 rings (SSSR count). The van der Waals surface area contributed by atoms with Gasteiger partial charge in [0.1, 0.15) is 11.8 Å². The van der Waals surface area contributed by atoms with Gasteiger partial charge in [0.05, 0.1) is 28.5 Å². The third-order valence-corrected chi connectivity index (χ3v) is 7.92. The number of nitrogens with zero attached hydrogens (tertiary/aromatic N) is 3. The van der Waals surface area contributed by atoms with Gasteiger partial charge in [-0.1, -0.05) is 29.3 Å². The van der Waals surface area contributed by atoms with Crippen molar-refractivity contribution in [2.24, 2.45) is 0 Å². The molecule has 0 radical (unpaired) electrons. The van der Waals surface area contributed by atoms with E-state index in [0.29, 0.717) is 21.3 Å². The summed E-state index contributed by atoms with van der Waals surface area (Å²) < 4.78 is 8.30. The van der Waals surface area contributed by atoms with Gasteiger partial charge in [-0.3, -0.25) is 4.98 Å². The average molecular weight is 550 g/mol. The minimum absolute atomic E-state index is 0.164. The van der Waals surface area contributed by atoms with Gasteiger partial charge in [0.2, 0.25) is 0 Å². The van der Waals surface area contributed by atoms with Gasteiger partial charge in [-0.05, 0) is 105 Å². The van der Waals surface area contributed by atoms with Crippen molar-refractivity contribution in [3.8, 4) is 11.4 Å². The maximum Gasteiger partial charge on any atom is 0.174 e. The maximum atomic E-state index is 6.64. The normalized spacial score (nSPS) is 19.8. The summed E-state index contributed by atoms with van der Waals surface area (Å²) in [7, 11) is 0. The molecule has 0 unspecified atom stereocenters. The van der Waals surface area contributed by atoms with Crippen molar-refractivity contribution in [1.82, 2.24) is 14.9 Å². The van der Waals surface area contributed by atoms with Crippen LogP contribution in [0.2, 0.25) is 10.0 Å². The molecule has 2 aliphatic rings. The van der Waals surface area contributed by atoms with Crippen LogP contribution < -0.4 is 15.0 Å². The van der Waals surface area contributed by atoms with E-state index in [-0.39, 0.29) is 12.1 Å². The molecule has 3 heterocycles. The lowest BCUT2D eigenvalue weighted by atomic mass is 10.0. The molecule has 1 aliphatic heterocycles. The molecule has 5 nitrogen and oxygen atoms in total. The van der Waals surface area contributed by atoms with Crippen molar-refractivity contribution in [3.63, 3.8) is 0 Å². The second-order valence-corrected chi connectivity index (χ2v) is 10.6. The first-order valence-corrected chi connectivity index (χ1v) is 13.6. The number of anilines is 1. The first-order chi connectivity index (χ1) is 18.1. The highest BCUT2D eigenvalue weighted by Gasteiger charge is 2.42. The van der Waals surface area contributed by atoms with Crippen LogP contribution in [-0.2, 0) is 0 Å². The molecular formula is C29H26Cl2N4OS. The van der Waals surface area contributed by atoms with Gasteiger partial charge >= 0.3 is 0 Å². The van der Waals surface area contributed by atoms with Crippen molar-refractivity contribution in [1.29, 1.82) is 0 Å². The number of rotatable bonds is 6. The Morgan fingerprint density at radius 3 is 2.49 bits per heavy atom. The minimum Gasteiger partial charge on any atom is -0.490 e. The first kappa shape index (κ1) is 24.3. The summed E-state index contributed by atoms with van der Waals surface area (Å²) in [5.41, 5.74) is 3.77. The van der Waals surface area contributed by atoms with E-state index < -0.39 is 0 Å². The van der Waals surface area contributed by atoms with Crippen LogP contribution in [0.25, 0.3) is 5.69 Å². The smallest absolute Gasteiger partial charge is 0.174 e. The Bertz CT molecular complexity index is 1400. The number of benzene rings is 2. The van der Waals surface area contributed by atoms with Crippen LogP contribution in [0.5, 0.6) is 5.75 Å². The molecule has 2 aromatic heterocycles. The Hall–Kier alpha value is -3.06. The molecule has 1 N–H and O–H groups in total. The third kappa shape index (κ3) is 4.81. The molecule has 0 bridgehead atoms. The van der Waals surface area contributed by atoms with Crippen LogP contribution in [0.15, 0.2) is 85.2 Å². The fraction of sp³-hybridized carbons (Fsp3) is 0.241. The monoisotopic (exact) mass is 548 g/mol. The van der Waals surface area contributed by atoms with E-state index in [0.717, 1.165) is 41.4 Å². The summed E-state index contributed by atoms with van der Waals surface area (Å²) in [6.45, 7) is 0. The molecule has 1 saturated carbocycles. The largest absolute Gasteiger partial charge is 0.490 e. The summed E-state index contributed by atoms with van der Waals surface area (Å²) in [4.78, 5) is 6.82. The summed E-state index contributed by atoms with van der Waals surface area (Å²) in [5.74, 6) is 0.892. The summed E-state index contributed by atoms with van der Waals surface area (Å²) in [6, 6.07) is 23.5. The van der Waals surface area contributed by atoms with Gasteiger partial charge in [-0.2, -0.15) is 0 Å². The number of pyridine rings is 1. The van der Waals surface area contributed by atoms with Crippen molar-refractivity contribution >= 4 is 46.2 Å². The lowest BCUT2D eigenvalue weighted by Gasteiger charge is -2.29. The molecule has 4 aromatic rings. The van der Waals surface area contributed by atoms with E-state index in [1.165, 1.54) is 12.8 Å². The van der Waals surface area contributed by atoms with Gasteiger partial charge in [-0.15, -0.1) is 0 Å². The summed E-state index contributed by atoms with van der Waals surface area (Å²) >= 11 is 18.7. The molecule has 2 aromatic carbocycles. The second kappa shape index (κ2) is 10.4. The number of nitrogens with one attached hydrogen (secondary N) is 1. The van der Waals surface area contributed by atoms with Gasteiger partial charge in [-0.25, -0.2) is 0 Å². The lowest BCUT2D eigenvalue weighted by molar-refractivity contribution is 0.210. The fourth-order valence-electron chi connectivity index (χ4n) is 5.35. The molecule has 2 fully saturated rings. The van der Waals surface area contributed by atoms with E-state index in [4.69, 9.17) is 40.2 Å². The van der Waals surface area contributed by atoms with E-state index in [1.54, 1.807) is 6.07 Å². The van der Waals surface area contributed by atoms with Crippen LogP contribution >= 0.6 is 35.4 Å². The predicted octanol–water partition coefficient (Wildman–Crippen LogP) is 7.68. The zero-order valence-corrected chi connectivity index (χ0v) is 22.4. The number of ether oxygens (including phenoxy) is 1.